The van der Waals surface area contributed by atoms with Gasteiger partial charge in [-0.05, 0) is 25.3 Å². The van der Waals surface area contributed by atoms with Gasteiger partial charge in [-0.25, -0.2) is 4.98 Å². The van der Waals surface area contributed by atoms with Crippen LogP contribution in [0, 0.1) is 17.2 Å². The molecule has 0 aliphatic heterocycles. The Morgan fingerprint density at radius 3 is 2.67 bits per heavy atom. The largest absolute Gasteiger partial charge is 0.396 e. The zero-order valence-corrected chi connectivity index (χ0v) is 11.4. The topological polar surface area (TPSA) is 74.7 Å². The van der Waals surface area contributed by atoms with Gasteiger partial charge in [0.05, 0.1) is 11.3 Å². The summed E-state index contributed by atoms with van der Waals surface area (Å²) in [6.45, 7) is 6.59. The van der Waals surface area contributed by atoms with Gasteiger partial charge < -0.3 is 11.1 Å². The molecule has 0 radical (unpaired) electrons. The molecule has 1 aromatic rings. The number of aromatic nitrogens is 1. The van der Waals surface area contributed by atoms with E-state index in [1.165, 1.54) is 12.8 Å². The first kappa shape index (κ1) is 14.3. The van der Waals surface area contributed by atoms with E-state index >= 15 is 0 Å². The molecule has 4 heteroatoms. The molecule has 0 aliphatic rings. The van der Waals surface area contributed by atoms with Crippen LogP contribution in [0.25, 0.3) is 0 Å². The van der Waals surface area contributed by atoms with Crippen molar-refractivity contribution in [3.05, 3.63) is 17.8 Å². The molecule has 1 heterocycles. The normalized spacial score (nSPS) is 12.2. The van der Waals surface area contributed by atoms with E-state index in [4.69, 9.17) is 11.0 Å². The number of nitriles is 1. The second-order valence-electron chi connectivity index (χ2n) is 5.14. The Kier molecular flexibility index (Phi) is 5.44. The second-order valence-corrected chi connectivity index (χ2v) is 5.14. The molecule has 4 nitrogen and oxygen atoms in total. The zero-order valence-electron chi connectivity index (χ0n) is 11.4. The van der Waals surface area contributed by atoms with Crippen molar-refractivity contribution in [2.45, 2.75) is 46.1 Å². The second kappa shape index (κ2) is 6.85. The lowest BCUT2D eigenvalue weighted by Crippen LogP contribution is -2.17. The number of rotatable bonds is 6. The van der Waals surface area contributed by atoms with Crippen LogP contribution in [-0.2, 0) is 0 Å². The Hall–Kier alpha value is -1.76. The minimum Gasteiger partial charge on any atom is -0.396 e. The van der Waals surface area contributed by atoms with E-state index in [2.05, 4.69) is 31.1 Å². The van der Waals surface area contributed by atoms with Crippen LogP contribution >= 0.6 is 0 Å². The van der Waals surface area contributed by atoms with Crippen molar-refractivity contribution in [3.8, 4) is 6.07 Å². The third-order valence-corrected chi connectivity index (χ3v) is 2.85. The van der Waals surface area contributed by atoms with Gasteiger partial charge in [0.15, 0.2) is 0 Å². The number of nitrogens with one attached hydrogen (secondary N) is 1. The van der Waals surface area contributed by atoms with E-state index in [-0.39, 0.29) is 0 Å². The minimum atomic E-state index is 0.339. The fourth-order valence-electron chi connectivity index (χ4n) is 1.80. The number of hydrogen-bond acceptors (Lipinski definition) is 4. The molecule has 0 spiro atoms. The quantitative estimate of drug-likeness (QED) is 0.808. The highest BCUT2D eigenvalue weighted by Crippen LogP contribution is 2.18. The molecule has 1 rings (SSSR count). The lowest BCUT2D eigenvalue weighted by Gasteiger charge is -2.16. The summed E-state index contributed by atoms with van der Waals surface area (Å²) in [5, 5.41) is 12.0. The third-order valence-electron chi connectivity index (χ3n) is 2.85. The highest BCUT2D eigenvalue weighted by Gasteiger charge is 2.07. The third kappa shape index (κ3) is 4.62. The molecule has 0 aromatic carbocycles. The van der Waals surface area contributed by atoms with Crippen molar-refractivity contribution in [1.82, 2.24) is 4.98 Å². The number of nitrogen functional groups attached to an aromatic ring is 1. The molecular formula is C14H22N4. The first-order chi connectivity index (χ1) is 8.52. The maximum absolute atomic E-state index is 8.74. The zero-order chi connectivity index (χ0) is 13.5. The van der Waals surface area contributed by atoms with Gasteiger partial charge in [0.25, 0.3) is 0 Å². The fraction of sp³-hybridized carbons (Fsp3) is 0.571. The van der Waals surface area contributed by atoms with E-state index in [0.29, 0.717) is 23.1 Å². The molecule has 18 heavy (non-hydrogen) atoms. The number of hydrogen-bond donors (Lipinski definition) is 2. The van der Waals surface area contributed by atoms with Gasteiger partial charge in [0, 0.05) is 12.2 Å². The Morgan fingerprint density at radius 1 is 1.39 bits per heavy atom. The van der Waals surface area contributed by atoms with Crippen molar-refractivity contribution in [1.29, 1.82) is 5.26 Å². The fourth-order valence-corrected chi connectivity index (χ4v) is 1.80. The monoisotopic (exact) mass is 246 g/mol. The number of nitrogens with zero attached hydrogens (tertiary/aromatic N) is 2. The summed E-state index contributed by atoms with van der Waals surface area (Å²) >= 11 is 0. The van der Waals surface area contributed by atoms with Crippen LogP contribution < -0.4 is 11.1 Å². The molecule has 1 unspecified atom stereocenters. The van der Waals surface area contributed by atoms with Crippen LogP contribution in [0.15, 0.2) is 12.3 Å². The summed E-state index contributed by atoms with van der Waals surface area (Å²) < 4.78 is 0. The standard InChI is InChI=1S/C14H22N4/c1-10(2)5-4-6-11(3)18-14-13(16)7-12(8-15)9-17-14/h7,9-11H,4-6,16H2,1-3H3,(H,17,18). The predicted octanol–water partition coefficient (Wildman–Crippen LogP) is 3.16. The predicted molar refractivity (Wildman–Crippen MR) is 75.1 cm³/mol. The summed E-state index contributed by atoms with van der Waals surface area (Å²) in [7, 11) is 0. The smallest absolute Gasteiger partial charge is 0.149 e. The Bertz CT molecular complexity index is 420. The van der Waals surface area contributed by atoms with Gasteiger partial charge in [-0.15, -0.1) is 0 Å². The Balaban J connectivity index is 2.49. The van der Waals surface area contributed by atoms with Gasteiger partial charge in [-0.3, -0.25) is 0 Å². The van der Waals surface area contributed by atoms with Gasteiger partial charge in [-0.2, -0.15) is 5.26 Å². The highest BCUT2D eigenvalue weighted by atomic mass is 15.0. The highest BCUT2D eigenvalue weighted by molar-refractivity contribution is 5.63. The van der Waals surface area contributed by atoms with Crippen molar-refractivity contribution >= 4 is 11.5 Å². The lowest BCUT2D eigenvalue weighted by molar-refractivity contribution is 0.520. The van der Waals surface area contributed by atoms with Crippen LogP contribution in [0.1, 0.15) is 45.6 Å². The van der Waals surface area contributed by atoms with E-state index in [0.717, 1.165) is 12.3 Å². The van der Waals surface area contributed by atoms with E-state index in [9.17, 15) is 0 Å². The van der Waals surface area contributed by atoms with E-state index in [1.54, 1.807) is 12.3 Å². The molecule has 0 fully saturated rings. The lowest BCUT2D eigenvalue weighted by atomic mass is 10.0. The van der Waals surface area contributed by atoms with Crippen LogP contribution in [0.4, 0.5) is 11.5 Å². The van der Waals surface area contributed by atoms with Crippen molar-refractivity contribution in [2.24, 2.45) is 5.92 Å². The maximum Gasteiger partial charge on any atom is 0.149 e. The molecule has 3 N–H and O–H groups in total. The molecule has 0 saturated carbocycles. The van der Waals surface area contributed by atoms with Crippen LogP contribution in [0.5, 0.6) is 0 Å². The average Bonchev–Trinajstić information content (AvgIpc) is 2.31. The van der Waals surface area contributed by atoms with Crippen molar-refractivity contribution < 1.29 is 0 Å². The minimum absolute atomic E-state index is 0.339. The molecule has 1 atom stereocenters. The van der Waals surface area contributed by atoms with Crippen molar-refractivity contribution in [3.63, 3.8) is 0 Å². The maximum atomic E-state index is 8.74. The first-order valence-electron chi connectivity index (χ1n) is 6.45. The summed E-state index contributed by atoms with van der Waals surface area (Å²) in [6.07, 6.45) is 5.07. The number of anilines is 2. The van der Waals surface area contributed by atoms with E-state index < -0.39 is 0 Å². The molecule has 0 aliphatic carbocycles. The number of pyridine rings is 1. The SMILES string of the molecule is CC(C)CCCC(C)Nc1ncc(C#N)cc1N. The summed E-state index contributed by atoms with van der Waals surface area (Å²) in [6, 6.07) is 4.01. The average molecular weight is 246 g/mol. The van der Waals surface area contributed by atoms with Gasteiger partial charge in [0.2, 0.25) is 0 Å². The first-order valence-corrected chi connectivity index (χ1v) is 6.45. The van der Waals surface area contributed by atoms with Gasteiger partial charge >= 0.3 is 0 Å². The molecule has 1 aromatic heterocycles. The molecule has 0 saturated heterocycles. The molecule has 98 valence electrons. The van der Waals surface area contributed by atoms with Crippen LogP contribution in [0.2, 0.25) is 0 Å². The summed E-state index contributed by atoms with van der Waals surface area (Å²) in [4.78, 5) is 4.17. The number of nitrogens with two attached hydrogens (primary N) is 1. The van der Waals surface area contributed by atoms with Crippen LogP contribution in [-0.4, -0.2) is 11.0 Å². The molecule has 0 amide bonds. The van der Waals surface area contributed by atoms with E-state index in [1.807, 2.05) is 6.07 Å². The van der Waals surface area contributed by atoms with Crippen LogP contribution in [0.3, 0.4) is 0 Å². The van der Waals surface area contributed by atoms with Crippen molar-refractivity contribution in [2.75, 3.05) is 11.1 Å². The molecular weight excluding hydrogens is 224 g/mol. The van der Waals surface area contributed by atoms with Gasteiger partial charge in [0.1, 0.15) is 11.9 Å². The summed E-state index contributed by atoms with van der Waals surface area (Å²) in [5.41, 5.74) is 6.87. The van der Waals surface area contributed by atoms with Gasteiger partial charge in [-0.1, -0.05) is 26.7 Å². The molecule has 0 bridgehead atoms. The Morgan fingerprint density at radius 2 is 2.11 bits per heavy atom. The Labute approximate surface area is 109 Å². The summed E-state index contributed by atoms with van der Waals surface area (Å²) in [5.74, 6) is 1.42.